The van der Waals surface area contributed by atoms with E-state index in [-0.39, 0.29) is 17.2 Å². The molecule has 1 aliphatic heterocycles. The first-order chi connectivity index (χ1) is 13.4. The molecule has 0 spiro atoms. The third-order valence-corrected chi connectivity index (χ3v) is 6.48. The lowest BCUT2D eigenvalue weighted by Crippen LogP contribution is -2.40. The lowest BCUT2D eigenvalue weighted by atomic mass is 10.1. The van der Waals surface area contributed by atoms with Crippen molar-refractivity contribution in [1.82, 2.24) is 4.31 Å². The number of hydrogen-bond donors (Lipinski definition) is 1. The Morgan fingerprint density at radius 3 is 2.64 bits per heavy atom. The molecule has 0 aromatic heterocycles. The first-order valence-corrected chi connectivity index (χ1v) is 10.5. The minimum Gasteiger partial charge on any atom is -0.497 e. The van der Waals surface area contributed by atoms with Crippen LogP contribution < -0.4 is 10.1 Å². The molecule has 2 aromatic carbocycles. The molecule has 28 heavy (non-hydrogen) atoms. The number of ether oxygens (including phenoxy) is 2. The van der Waals surface area contributed by atoms with Crippen LogP contribution in [0.1, 0.15) is 11.1 Å². The number of aryl methyl sites for hydroxylation is 1. The second kappa shape index (κ2) is 8.72. The summed E-state index contributed by atoms with van der Waals surface area (Å²) in [4.78, 5) is 12.6. The third kappa shape index (κ3) is 4.70. The van der Waals surface area contributed by atoms with Gasteiger partial charge < -0.3 is 14.8 Å². The highest BCUT2D eigenvalue weighted by Gasteiger charge is 2.26. The Kier molecular flexibility index (Phi) is 6.33. The summed E-state index contributed by atoms with van der Waals surface area (Å²) in [5.74, 6) is 0.456. The van der Waals surface area contributed by atoms with Crippen molar-refractivity contribution in [3.05, 3.63) is 53.6 Å². The number of nitrogens with one attached hydrogen (secondary N) is 1. The average Bonchev–Trinajstić information content (AvgIpc) is 2.70. The summed E-state index contributed by atoms with van der Waals surface area (Å²) in [5.41, 5.74) is 2.09. The van der Waals surface area contributed by atoms with Crippen LogP contribution in [0, 0.1) is 6.92 Å². The molecule has 0 radical (unpaired) electrons. The fourth-order valence-corrected chi connectivity index (χ4v) is 4.43. The predicted octanol–water partition coefficient (Wildman–Crippen LogP) is 2.21. The first kappa shape index (κ1) is 20.3. The molecule has 0 saturated carbocycles. The summed E-state index contributed by atoms with van der Waals surface area (Å²) in [6.07, 6.45) is 0.164. The smallest absolute Gasteiger partial charge is 0.243 e. The maximum absolute atomic E-state index is 12.8. The van der Waals surface area contributed by atoms with Gasteiger partial charge in [0.1, 0.15) is 5.75 Å². The standard InChI is InChI=1S/C20H24N2O5S/c1-15-6-7-18(28(24,25)22-8-10-27-11-9-22)14-19(15)21-20(23)13-16-4-3-5-17(12-16)26-2/h3-7,12,14H,8-11,13H2,1-2H3,(H,21,23). The zero-order chi connectivity index (χ0) is 20.1. The topological polar surface area (TPSA) is 84.9 Å². The second-order valence-corrected chi connectivity index (χ2v) is 8.51. The number of methoxy groups -OCH3 is 1. The van der Waals surface area contributed by atoms with Crippen molar-refractivity contribution in [2.45, 2.75) is 18.2 Å². The van der Waals surface area contributed by atoms with E-state index in [1.807, 2.05) is 25.1 Å². The van der Waals surface area contributed by atoms with E-state index >= 15 is 0 Å². The Labute approximate surface area is 165 Å². The van der Waals surface area contributed by atoms with Crippen LogP contribution in [0.25, 0.3) is 0 Å². The van der Waals surface area contributed by atoms with E-state index in [0.717, 1.165) is 11.1 Å². The number of amides is 1. The Bertz CT molecular complexity index is 953. The second-order valence-electron chi connectivity index (χ2n) is 6.57. The minimum absolute atomic E-state index is 0.164. The van der Waals surface area contributed by atoms with Gasteiger partial charge in [-0.3, -0.25) is 4.79 Å². The number of anilines is 1. The largest absolute Gasteiger partial charge is 0.497 e. The van der Waals surface area contributed by atoms with Crippen molar-refractivity contribution >= 4 is 21.6 Å². The minimum atomic E-state index is -3.62. The summed E-state index contributed by atoms with van der Waals surface area (Å²) in [7, 11) is -2.05. The van der Waals surface area contributed by atoms with Crippen LogP contribution in [0.5, 0.6) is 5.75 Å². The van der Waals surface area contributed by atoms with Crippen LogP contribution in [0.2, 0.25) is 0 Å². The highest BCUT2D eigenvalue weighted by Crippen LogP contribution is 2.24. The zero-order valence-corrected chi connectivity index (χ0v) is 16.8. The number of hydrogen-bond acceptors (Lipinski definition) is 5. The molecule has 3 rings (SSSR count). The van der Waals surface area contributed by atoms with E-state index in [1.54, 1.807) is 25.3 Å². The SMILES string of the molecule is COc1cccc(CC(=O)Nc2cc(S(=O)(=O)N3CCOCC3)ccc2C)c1. The van der Waals surface area contributed by atoms with E-state index in [2.05, 4.69) is 5.32 Å². The molecular formula is C20H24N2O5S. The summed E-state index contributed by atoms with van der Waals surface area (Å²) in [6.45, 7) is 3.25. The number of sulfonamides is 1. The Morgan fingerprint density at radius 1 is 1.18 bits per heavy atom. The lowest BCUT2D eigenvalue weighted by molar-refractivity contribution is -0.115. The van der Waals surface area contributed by atoms with E-state index in [1.165, 1.54) is 10.4 Å². The van der Waals surface area contributed by atoms with Gasteiger partial charge >= 0.3 is 0 Å². The van der Waals surface area contributed by atoms with Crippen LogP contribution in [0.4, 0.5) is 5.69 Å². The molecule has 2 aromatic rings. The molecule has 8 heteroatoms. The van der Waals surface area contributed by atoms with Crippen molar-refractivity contribution in [3.8, 4) is 5.75 Å². The van der Waals surface area contributed by atoms with Crippen LogP contribution in [0.3, 0.4) is 0 Å². The van der Waals surface area contributed by atoms with Gasteiger partial charge in [0.25, 0.3) is 0 Å². The number of rotatable bonds is 6. The Hall–Kier alpha value is -2.42. The molecule has 0 bridgehead atoms. The number of benzene rings is 2. The molecule has 1 saturated heterocycles. The lowest BCUT2D eigenvalue weighted by Gasteiger charge is -2.26. The Balaban J connectivity index is 1.76. The van der Waals surface area contributed by atoms with E-state index in [9.17, 15) is 13.2 Å². The van der Waals surface area contributed by atoms with Crippen molar-refractivity contribution in [2.75, 3.05) is 38.7 Å². The van der Waals surface area contributed by atoms with Crippen LogP contribution in [-0.2, 0) is 26.0 Å². The van der Waals surface area contributed by atoms with Gasteiger partial charge in [0.15, 0.2) is 0 Å². The van der Waals surface area contributed by atoms with Gasteiger partial charge in [0, 0.05) is 18.8 Å². The number of morpholine rings is 1. The normalized spacial score (nSPS) is 15.2. The summed E-state index contributed by atoms with van der Waals surface area (Å²) < 4.78 is 37.5. The number of carbonyl (C=O) groups is 1. The molecular weight excluding hydrogens is 380 g/mol. The van der Waals surface area contributed by atoms with Gasteiger partial charge in [0.05, 0.1) is 31.6 Å². The van der Waals surface area contributed by atoms with Gasteiger partial charge in [-0.1, -0.05) is 18.2 Å². The first-order valence-electron chi connectivity index (χ1n) is 9.01. The Morgan fingerprint density at radius 2 is 1.93 bits per heavy atom. The monoisotopic (exact) mass is 404 g/mol. The molecule has 150 valence electrons. The van der Waals surface area contributed by atoms with Crippen LogP contribution in [0.15, 0.2) is 47.4 Å². The van der Waals surface area contributed by atoms with Crippen molar-refractivity contribution < 1.29 is 22.7 Å². The summed E-state index contributed by atoms with van der Waals surface area (Å²) >= 11 is 0. The van der Waals surface area contributed by atoms with E-state index < -0.39 is 10.0 Å². The summed E-state index contributed by atoms with van der Waals surface area (Å²) in [6, 6.07) is 12.1. The molecule has 1 aliphatic rings. The fourth-order valence-electron chi connectivity index (χ4n) is 2.99. The quantitative estimate of drug-likeness (QED) is 0.798. The molecule has 1 amide bonds. The third-order valence-electron chi connectivity index (χ3n) is 4.59. The van der Waals surface area contributed by atoms with Gasteiger partial charge in [-0.05, 0) is 42.3 Å². The van der Waals surface area contributed by atoms with Gasteiger partial charge in [-0.25, -0.2) is 8.42 Å². The average molecular weight is 404 g/mol. The number of carbonyl (C=O) groups excluding carboxylic acids is 1. The highest BCUT2D eigenvalue weighted by molar-refractivity contribution is 7.89. The maximum atomic E-state index is 12.8. The molecule has 0 atom stereocenters. The molecule has 7 nitrogen and oxygen atoms in total. The van der Waals surface area contributed by atoms with Crippen LogP contribution >= 0.6 is 0 Å². The van der Waals surface area contributed by atoms with Crippen LogP contribution in [-0.4, -0.2) is 52.0 Å². The molecule has 1 fully saturated rings. The number of nitrogens with zero attached hydrogens (tertiary/aromatic N) is 1. The highest BCUT2D eigenvalue weighted by atomic mass is 32.2. The van der Waals surface area contributed by atoms with Crippen molar-refractivity contribution in [2.24, 2.45) is 0 Å². The summed E-state index contributed by atoms with van der Waals surface area (Å²) in [5, 5.41) is 2.82. The van der Waals surface area contributed by atoms with Gasteiger partial charge in [-0.15, -0.1) is 0 Å². The van der Waals surface area contributed by atoms with Crippen molar-refractivity contribution in [3.63, 3.8) is 0 Å². The van der Waals surface area contributed by atoms with Crippen molar-refractivity contribution in [1.29, 1.82) is 0 Å². The maximum Gasteiger partial charge on any atom is 0.243 e. The molecule has 1 heterocycles. The zero-order valence-electron chi connectivity index (χ0n) is 16.0. The molecule has 1 N–H and O–H groups in total. The van der Waals surface area contributed by atoms with E-state index in [0.29, 0.717) is 37.7 Å². The van der Waals surface area contributed by atoms with Gasteiger partial charge in [-0.2, -0.15) is 4.31 Å². The molecule has 0 unspecified atom stereocenters. The molecule has 0 aliphatic carbocycles. The van der Waals surface area contributed by atoms with Gasteiger partial charge in [0.2, 0.25) is 15.9 Å². The van der Waals surface area contributed by atoms with E-state index in [4.69, 9.17) is 9.47 Å². The predicted molar refractivity (Wildman–Crippen MR) is 106 cm³/mol. The fraction of sp³-hybridized carbons (Fsp3) is 0.350.